The lowest BCUT2D eigenvalue weighted by molar-refractivity contribution is 0.905. The Labute approximate surface area is 135 Å². The number of hydrogen-bond donors (Lipinski definition) is 1. The fourth-order valence-electron chi connectivity index (χ4n) is 2.71. The highest BCUT2D eigenvalue weighted by molar-refractivity contribution is 7.98. The zero-order chi connectivity index (χ0) is 15.7. The molecule has 0 atom stereocenters. The fraction of sp³-hybridized carbons (Fsp3) is 0.278. The summed E-state index contributed by atoms with van der Waals surface area (Å²) in [5, 5.41) is 0. The van der Waals surface area contributed by atoms with E-state index in [9.17, 15) is 0 Å². The maximum atomic E-state index is 5.93. The second-order valence-corrected chi connectivity index (χ2v) is 6.58. The van der Waals surface area contributed by atoms with Crippen molar-refractivity contribution < 1.29 is 0 Å². The van der Waals surface area contributed by atoms with Crippen LogP contribution in [0.3, 0.4) is 0 Å². The highest BCUT2D eigenvalue weighted by Gasteiger charge is 2.15. The second-order valence-electron chi connectivity index (χ2n) is 5.56. The van der Waals surface area contributed by atoms with Crippen molar-refractivity contribution in [1.29, 1.82) is 0 Å². The third kappa shape index (κ3) is 2.64. The van der Waals surface area contributed by atoms with Crippen LogP contribution in [0.2, 0.25) is 0 Å². The van der Waals surface area contributed by atoms with Gasteiger partial charge in [0.25, 0.3) is 0 Å². The molecule has 0 aliphatic carbocycles. The van der Waals surface area contributed by atoms with Gasteiger partial charge < -0.3 is 5.73 Å². The lowest BCUT2D eigenvalue weighted by atomic mass is 10.2. The van der Waals surface area contributed by atoms with E-state index in [-0.39, 0.29) is 0 Å². The zero-order valence-electron chi connectivity index (χ0n) is 13.3. The summed E-state index contributed by atoms with van der Waals surface area (Å²) in [6.45, 7) is 6.83. The Morgan fingerprint density at radius 2 is 1.86 bits per heavy atom. The average molecular weight is 311 g/mol. The average Bonchev–Trinajstić information content (AvgIpc) is 2.87. The number of imidazole rings is 1. The van der Waals surface area contributed by atoms with Crippen molar-refractivity contribution in [2.75, 3.05) is 0 Å². The molecule has 0 aliphatic rings. The largest absolute Gasteiger partial charge is 0.325 e. The molecule has 3 rings (SSSR count). The molecule has 0 aliphatic heterocycles. The Hall–Kier alpha value is -1.78. The minimum atomic E-state index is 0.514. The molecular weight excluding hydrogens is 290 g/mol. The third-order valence-electron chi connectivity index (χ3n) is 4.08. The molecule has 4 heteroatoms. The number of benzene rings is 1. The van der Waals surface area contributed by atoms with Gasteiger partial charge in [0, 0.05) is 18.0 Å². The number of nitrogens with two attached hydrogens (primary N) is 1. The number of aryl methyl sites for hydroxylation is 3. The Kier molecular flexibility index (Phi) is 4.23. The molecule has 3 aromatic rings. The van der Waals surface area contributed by atoms with Crippen LogP contribution in [0.25, 0.3) is 5.65 Å². The van der Waals surface area contributed by atoms with Gasteiger partial charge in [-0.3, -0.25) is 4.40 Å². The van der Waals surface area contributed by atoms with Crippen LogP contribution in [0.5, 0.6) is 0 Å². The van der Waals surface area contributed by atoms with Gasteiger partial charge in [-0.1, -0.05) is 30.3 Å². The van der Waals surface area contributed by atoms with Crippen LogP contribution in [-0.2, 0) is 12.3 Å². The van der Waals surface area contributed by atoms with Crippen molar-refractivity contribution in [2.45, 2.75) is 38.0 Å². The molecule has 0 saturated carbocycles. The maximum absolute atomic E-state index is 5.93. The first-order valence-corrected chi connectivity index (χ1v) is 8.45. The monoisotopic (exact) mass is 311 g/mol. The van der Waals surface area contributed by atoms with Crippen LogP contribution >= 0.6 is 11.8 Å². The molecule has 0 radical (unpaired) electrons. The zero-order valence-corrected chi connectivity index (χ0v) is 14.1. The Morgan fingerprint density at radius 1 is 1.14 bits per heavy atom. The lowest BCUT2D eigenvalue weighted by Gasteiger charge is -2.11. The van der Waals surface area contributed by atoms with Crippen LogP contribution in [0.1, 0.15) is 28.2 Å². The van der Waals surface area contributed by atoms with Crippen LogP contribution in [0, 0.1) is 20.8 Å². The van der Waals surface area contributed by atoms with Crippen molar-refractivity contribution in [3.05, 3.63) is 64.6 Å². The summed E-state index contributed by atoms with van der Waals surface area (Å²) >= 11 is 1.83. The van der Waals surface area contributed by atoms with E-state index in [1.54, 1.807) is 0 Å². The predicted octanol–water partition coefficient (Wildman–Crippen LogP) is 4.01. The minimum absolute atomic E-state index is 0.514. The Bertz CT molecular complexity index is 806. The highest BCUT2D eigenvalue weighted by Crippen LogP contribution is 2.30. The Balaban J connectivity index is 2.04. The molecule has 0 unspecified atom stereocenters. The normalized spacial score (nSPS) is 11.3. The number of nitrogens with zero attached hydrogens (tertiary/aromatic N) is 2. The van der Waals surface area contributed by atoms with E-state index in [2.05, 4.69) is 48.6 Å². The van der Waals surface area contributed by atoms with Crippen molar-refractivity contribution in [1.82, 2.24) is 9.38 Å². The summed E-state index contributed by atoms with van der Waals surface area (Å²) in [4.78, 5) is 5.98. The lowest BCUT2D eigenvalue weighted by Crippen LogP contribution is -2.06. The molecule has 2 N–H and O–H groups in total. The van der Waals surface area contributed by atoms with Gasteiger partial charge in [-0.05, 0) is 38.0 Å². The minimum Gasteiger partial charge on any atom is -0.325 e. The van der Waals surface area contributed by atoms with Gasteiger partial charge in [-0.25, -0.2) is 4.98 Å². The predicted molar refractivity (Wildman–Crippen MR) is 93.3 cm³/mol. The molecule has 2 aromatic heterocycles. The van der Waals surface area contributed by atoms with Gasteiger partial charge >= 0.3 is 0 Å². The molecule has 0 saturated heterocycles. The molecule has 0 fully saturated rings. The van der Waals surface area contributed by atoms with E-state index in [0.717, 1.165) is 22.8 Å². The summed E-state index contributed by atoms with van der Waals surface area (Å²) in [6.07, 6.45) is 0. The third-order valence-corrected chi connectivity index (χ3v) is 5.17. The van der Waals surface area contributed by atoms with Crippen LogP contribution < -0.4 is 5.73 Å². The topological polar surface area (TPSA) is 43.3 Å². The van der Waals surface area contributed by atoms with Crippen molar-refractivity contribution in [2.24, 2.45) is 5.73 Å². The maximum Gasteiger partial charge on any atom is 0.151 e. The number of pyridine rings is 1. The molecule has 0 amide bonds. The van der Waals surface area contributed by atoms with E-state index >= 15 is 0 Å². The fourth-order valence-corrected chi connectivity index (χ4v) is 3.75. The summed E-state index contributed by atoms with van der Waals surface area (Å²) in [6, 6.07) is 12.8. The summed E-state index contributed by atoms with van der Waals surface area (Å²) in [5.41, 5.74) is 12.9. The first-order chi connectivity index (χ1) is 10.6. The summed E-state index contributed by atoms with van der Waals surface area (Å²) in [7, 11) is 0. The number of aromatic nitrogens is 2. The molecular formula is C18H21N3S. The smallest absolute Gasteiger partial charge is 0.151 e. The Morgan fingerprint density at radius 3 is 2.55 bits per heavy atom. The van der Waals surface area contributed by atoms with Crippen molar-refractivity contribution in [3.8, 4) is 0 Å². The van der Waals surface area contributed by atoms with Gasteiger partial charge in [0.15, 0.2) is 5.65 Å². The van der Waals surface area contributed by atoms with E-state index in [4.69, 9.17) is 10.7 Å². The summed E-state index contributed by atoms with van der Waals surface area (Å²) < 4.78 is 2.22. The number of hydrogen-bond acceptors (Lipinski definition) is 3. The molecule has 0 bridgehead atoms. The molecule has 2 heterocycles. The molecule has 114 valence electrons. The molecule has 3 nitrogen and oxygen atoms in total. The van der Waals surface area contributed by atoms with E-state index in [1.165, 1.54) is 21.7 Å². The van der Waals surface area contributed by atoms with Gasteiger partial charge in [0.05, 0.1) is 16.3 Å². The van der Waals surface area contributed by atoms with Gasteiger partial charge in [0.2, 0.25) is 0 Å². The number of fused-ring (bicyclic) bond motifs is 1. The summed E-state index contributed by atoms with van der Waals surface area (Å²) in [5.74, 6) is 0.947. The van der Waals surface area contributed by atoms with Gasteiger partial charge in [0.1, 0.15) is 0 Å². The molecule has 22 heavy (non-hydrogen) atoms. The SMILES string of the molecule is Cc1cc(SCc2ccccc2)c2nc(C)c(CN)n2c1C. The first-order valence-electron chi connectivity index (χ1n) is 7.46. The van der Waals surface area contributed by atoms with Crippen LogP contribution in [0.15, 0.2) is 41.3 Å². The second kappa shape index (κ2) is 6.15. The van der Waals surface area contributed by atoms with Crippen molar-refractivity contribution >= 4 is 17.4 Å². The van der Waals surface area contributed by atoms with E-state index in [1.807, 2.05) is 24.8 Å². The van der Waals surface area contributed by atoms with Gasteiger partial charge in [-0.15, -0.1) is 11.8 Å². The number of thioether (sulfide) groups is 1. The standard InChI is InChI=1S/C18H21N3S/c1-12-9-17(22-11-15-7-5-4-6-8-15)18-20-13(2)16(10-19)21(18)14(12)3/h4-9H,10-11,19H2,1-3H3. The van der Waals surface area contributed by atoms with Crippen LogP contribution in [0.4, 0.5) is 0 Å². The first kappa shape index (κ1) is 15.1. The van der Waals surface area contributed by atoms with Crippen LogP contribution in [-0.4, -0.2) is 9.38 Å². The highest BCUT2D eigenvalue weighted by atomic mass is 32.2. The van der Waals surface area contributed by atoms with E-state index in [0.29, 0.717) is 6.54 Å². The molecule has 0 spiro atoms. The van der Waals surface area contributed by atoms with E-state index < -0.39 is 0 Å². The number of rotatable bonds is 4. The van der Waals surface area contributed by atoms with Crippen molar-refractivity contribution in [3.63, 3.8) is 0 Å². The van der Waals surface area contributed by atoms with Gasteiger partial charge in [-0.2, -0.15) is 0 Å². The quantitative estimate of drug-likeness (QED) is 0.740. The molecule has 1 aromatic carbocycles.